The number of aliphatic hydroxyl groups excluding tert-OH is 1. The Labute approximate surface area is 119 Å². The van der Waals surface area contributed by atoms with Gasteiger partial charge in [0, 0.05) is 10.4 Å². The molecule has 1 N–H and O–H groups in total. The van der Waals surface area contributed by atoms with Gasteiger partial charge < -0.3 is 9.52 Å². The summed E-state index contributed by atoms with van der Waals surface area (Å²) in [5, 5.41) is 11.8. The van der Waals surface area contributed by atoms with Crippen LogP contribution in [0, 0.1) is 0 Å². The summed E-state index contributed by atoms with van der Waals surface area (Å²) in [5.41, 5.74) is 0.782. The molecule has 0 spiro atoms. The van der Waals surface area contributed by atoms with Gasteiger partial charge in [0.2, 0.25) is 0 Å². The Kier molecular flexibility index (Phi) is 5.29. The molecule has 0 aliphatic rings. The van der Waals surface area contributed by atoms with E-state index in [1.807, 2.05) is 18.2 Å². The van der Waals surface area contributed by atoms with Gasteiger partial charge in [-0.2, -0.15) is 0 Å². The molecule has 0 fully saturated rings. The van der Waals surface area contributed by atoms with Gasteiger partial charge in [-0.05, 0) is 30.7 Å². The van der Waals surface area contributed by atoms with Gasteiger partial charge in [-0.25, -0.2) is 0 Å². The smallest absolute Gasteiger partial charge is 0.134 e. The van der Waals surface area contributed by atoms with Crippen LogP contribution in [0.3, 0.4) is 0 Å². The van der Waals surface area contributed by atoms with Crippen LogP contribution in [0.5, 0.6) is 0 Å². The fourth-order valence-corrected chi connectivity index (χ4v) is 2.46. The predicted octanol–water partition coefficient (Wildman–Crippen LogP) is 5.48. The zero-order valence-electron chi connectivity index (χ0n) is 11.4. The van der Waals surface area contributed by atoms with Crippen molar-refractivity contribution in [3.8, 4) is 0 Å². The van der Waals surface area contributed by atoms with Crippen LogP contribution in [0.1, 0.15) is 57.3 Å². The van der Waals surface area contributed by atoms with E-state index in [4.69, 9.17) is 16.0 Å². The monoisotopic (exact) mass is 280 g/mol. The molecule has 19 heavy (non-hydrogen) atoms. The molecule has 2 rings (SSSR count). The second kappa shape index (κ2) is 6.97. The highest BCUT2D eigenvalue weighted by atomic mass is 35.5. The number of hydrogen-bond donors (Lipinski definition) is 1. The maximum Gasteiger partial charge on any atom is 0.134 e. The zero-order valence-corrected chi connectivity index (χ0v) is 12.1. The highest BCUT2D eigenvalue weighted by Crippen LogP contribution is 2.28. The summed E-state index contributed by atoms with van der Waals surface area (Å²) in [6.45, 7) is 2.20. The van der Waals surface area contributed by atoms with Crippen LogP contribution in [0.15, 0.2) is 28.7 Å². The maximum atomic E-state index is 10.1. The van der Waals surface area contributed by atoms with Crippen molar-refractivity contribution in [2.75, 3.05) is 0 Å². The molecule has 0 aliphatic carbocycles. The van der Waals surface area contributed by atoms with Gasteiger partial charge in [0.15, 0.2) is 0 Å². The lowest BCUT2D eigenvalue weighted by Crippen LogP contribution is -1.95. The van der Waals surface area contributed by atoms with E-state index in [0.717, 1.165) is 23.8 Å². The number of aliphatic hydroxyl groups is 1. The van der Waals surface area contributed by atoms with Crippen LogP contribution in [0.4, 0.5) is 0 Å². The molecule has 1 heterocycles. The molecule has 1 atom stereocenters. The van der Waals surface area contributed by atoms with Crippen molar-refractivity contribution in [2.24, 2.45) is 0 Å². The first-order chi connectivity index (χ1) is 9.20. The van der Waals surface area contributed by atoms with Crippen molar-refractivity contribution in [2.45, 2.75) is 51.6 Å². The molecule has 1 unspecified atom stereocenters. The summed E-state index contributed by atoms with van der Waals surface area (Å²) >= 11 is 5.94. The summed E-state index contributed by atoms with van der Waals surface area (Å²) in [5.74, 6) is 0.646. The zero-order chi connectivity index (χ0) is 13.7. The molecule has 2 aromatic rings. The van der Waals surface area contributed by atoms with E-state index in [2.05, 4.69) is 6.92 Å². The third kappa shape index (κ3) is 3.99. The first kappa shape index (κ1) is 14.4. The summed E-state index contributed by atoms with van der Waals surface area (Å²) in [7, 11) is 0. The molecular formula is C16H21ClO2. The van der Waals surface area contributed by atoms with Crippen molar-refractivity contribution < 1.29 is 9.52 Å². The quantitative estimate of drug-likeness (QED) is 0.681. The molecular weight excluding hydrogens is 260 g/mol. The highest BCUT2D eigenvalue weighted by Gasteiger charge is 2.13. The number of halogens is 1. The van der Waals surface area contributed by atoms with E-state index in [9.17, 15) is 5.11 Å². The van der Waals surface area contributed by atoms with Crippen molar-refractivity contribution in [3.63, 3.8) is 0 Å². The van der Waals surface area contributed by atoms with Crippen LogP contribution < -0.4 is 0 Å². The molecule has 0 amide bonds. The first-order valence-corrected chi connectivity index (χ1v) is 7.45. The van der Waals surface area contributed by atoms with Gasteiger partial charge in [0.1, 0.15) is 17.4 Å². The minimum atomic E-state index is -0.507. The van der Waals surface area contributed by atoms with Crippen molar-refractivity contribution in [1.82, 2.24) is 0 Å². The first-order valence-electron chi connectivity index (χ1n) is 7.07. The highest BCUT2D eigenvalue weighted by molar-refractivity contribution is 6.31. The van der Waals surface area contributed by atoms with Crippen molar-refractivity contribution in [3.05, 3.63) is 35.0 Å². The summed E-state index contributed by atoms with van der Waals surface area (Å²) in [4.78, 5) is 0. The Morgan fingerprint density at radius 1 is 1.16 bits per heavy atom. The second-order valence-electron chi connectivity index (χ2n) is 5.05. The molecule has 0 saturated heterocycles. The van der Waals surface area contributed by atoms with Gasteiger partial charge in [0.25, 0.3) is 0 Å². The molecule has 0 bridgehead atoms. The number of fused-ring (bicyclic) bond motifs is 1. The SMILES string of the molecule is CCCCCCCC(O)c1cc2cc(Cl)ccc2o1. The number of hydrogen-bond acceptors (Lipinski definition) is 2. The normalized spacial score (nSPS) is 13.0. The standard InChI is InChI=1S/C16H21ClO2/c1-2-3-4-5-6-7-14(18)16-11-12-10-13(17)8-9-15(12)19-16/h8-11,14,18H,2-7H2,1H3. The van der Waals surface area contributed by atoms with Crippen LogP contribution in [-0.2, 0) is 0 Å². The predicted molar refractivity (Wildman–Crippen MR) is 79.6 cm³/mol. The summed E-state index contributed by atoms with van der Waals surface area (Å²) < 4.78 is 5.65. The Hall–Kier alpha value is -0.990. The third-order valence-corrected chi connectivity index (χ3v) is 3.64. The fourth-order valence-electron chi connectivity index (χ4n) is 2.28. The van der Waals surface area contributed by atoms with Gasteiger partial charge in [0.05, 0.1) is 0 Å². The van der Waals surface area contributed by atoms with Crippen molar-refractivity contribution in [1.29, 1.82) is 0 Å². The lowest BCUT2D eigenvalue weighted by Gasteiger charge is -2.06. The van der Waals surface area contributed by atoms with E-state index in [-0.39, 0.29) is 0 Å². The van der Waals surface area contributed by atoms with E-state index in [1.165, 1.54) is 25.7 Å². The Balaban J connectivity index is 1.91. The second-order valence-corrected chi connectivity index (χ2v) is 5.49. The molecule has 0 radical (unpaired) electrons. The lowest BCUT2D eigenvalue weighted by atomic mass is 10.1. The van der Waals surface area contributed by atoms with Crippen LogP contribution in [0.25, 0.3) is 11.0 Å². The molecule has 0 aliphatic heterocycles. The molecule has 0 saturated carbocycles. The van der Waals surface area contributed by atoms with Gasteiger partial charge in [-0.15, -0.1) is 0 Å². The molecule has 3 heteroatoms. The Bertz CT molecular complexity index is 518. The number of furan rings is 1. The van der Waals surface area contributed by atoms with E-state index in [1.54, 1.807) is 6.07 Å². The third-order valence-electron chi connectivity index (χ3n) is 3.41. The average molecular weight is 281 g/mol. The maximum absolute atomic E-state index is 10.1. The fraction of sp³-hybridized carbons (Fsp3) is 0.500. The minimum Gasteiger partial charge on any atom is -0.458 e. The topological polar surface area (TPSA) is 33.4 Å². The van der Waals surface area contributed by atoms with Gasteiger partial charge in [-0.1, -0.05) is 50.6 Å². The molecule has 2 nitrogen and oxygen atoms in total. The average Bonchev–Trinajstić information content (AvgIpc) is 2.81. The van der Waals surface area contributed by atoms with Crippen LogP contribution >= 0.6 is 11.6 Å². The van der Waals surface area contributed by atoms with E-state index in [0.29, 0.717) is 10.8 Å². The Morgan fingerprint density at radius 2 is 1.95 bits per heavy atom. The lowest BCUT2D eigenvalue weighted by molar-refractivity contribution is 0.139. The van der Waals surface area contributed by atoms with E-state index < -0.39 is 6.10 Å². The minimum absolute atomic E-state index is 0.507. The van der Waals surface area contributed by atoms with Gasteiger partial charge >= 0.3 is 0 Å². The van der Waals surface area contributed by atoms with Crippen LogP contribution in [-0.4, -0.2) is 5.11 Å². The molecule has 1 aromatic carbocycles. The molecule has 104 valence electrons. The molecule has 1 aromatic heterocycles. The van der Waals surface area contributed by atoms with Crippen molar-refractivity contribution >= 4 is 22.6 Å². The van der Waals surface area contributed by atoms with Crippen LogP contribution in [0.2, 0.25) is 5.02 Å². The Morgan fingerprint density at radius 3 is 2.74 bits per heavy atom. The number of benzene rings is 1. The summed E-state index contributed by atoms with van der Waals surface area (Å²) in [6, 6.07) is 7.39. The number of rotatable bonds is 7. The van der Waals surface area contributed by atoms with E-state index >= 15 is 0 Å². The van der Waals surface area contributed by atoms with Gasteiger partial charge in [-0.3, -0.25) is 0 Å². The summed E-state index contributed by atoms with van der Waals surface area (Å²) in [6.07, 6.45) is 6.24. The largest absolute Gasteiger partial charge is 0.458 e. The number of unbranched alkanes of at least 4 members (excludes halogenated alkanes) is 4.